The molecule has 7 heteroatoms. The Morgan fingerprint density at radius 1 is 1.11 bits per heavy atom. The SMILES string of the molecule is CC(C)(Oc1ccc(Cl)cc1)C(=O)N1CCC(Oc2ccc(F)cc2F)CC1. The van der Waals surface area contributed by atoms with Crippen LogP contribution in [0.3, 0.4) is 0 Å². The summed E-state index contributed by atoms with van der Waals surface area (Å²) >= 11 is 5.87. The Morgan fingerprint density at radius 2 is 1.75 bits per heavy atom. The van der Waals surface area contributed by atoms with E-state index >= 15 is 0 Å². The monoisotopic (exact) mass is 409 g/mol. The number of amides is 1. The third-order valence-corrected chi connectivity index (χ3v) is 4.87. The Balaban J connectivity index is 1.55. The number of halogens is 3. The van der Waals surface area contributed by atoms with Crippen LogP contribution in [0.4, 0.5) is 8.78 Å². The van der Waals surface area contributed by atoms with Crippen molar-refractivity contribution in [3.63, 3.8) is 0 Å². The van der Waals surface area contributed by atoms with Crippen molar-refractivity contribution in [2.24, 2.45) is 0 Å². The molecule has 1 amide bonds. The first-order chi connectivity index (χ1) is 13.2. The molecule has 28 heavy (non-hydrogen) atoms. The van der Waals surface area contributed by atoms with Crippen molar-refractivity contribution in [1.29, 1.82) is 0 Å². The molecule has 0 saturated carbocycles. The van der Waals surface area contributed by atoms with Gasteiger partial charge in [0, 0.05) is 37.0 Å². The zero-order valence-electron chi connectivity index (χ0n) is 15.8. The lowest BCUT2D eigenvalue weighted by Gasteiger charge is -2.37. The smallest absolute Gasteiger partial charge is 0.266 e. The van der Waals surface area contributed by atoms with Crippen LogP contribution in [-0.4, -0.2) is 35.6 Å². The van der Waals surface area contributed by atoms with Crippen LogP contribution < -0.4 is 9.47 Å². The molecule has 0 aromatic heterocycles. The van der Waals surface area contributed by atoms with E-state index in [0.29, 0.717) is 36.7 Å². The van der Waals surface area contributed by atoms with Crippen molar-refractivity contribution >= 4 is 17.5 Å². The van der Waals surface area contributed by atoms with Crippen molar-refractivity contribution < 1.29 is 23.0 Å². The first-order valence-electron chi connectivity index (χ1n) is 9.10. The zero-order chi connectivity index (χ0) is 20.3. The first kappa shape index (κ1) is 20.4. The number of likely N-dealkylation sites (tertiary alicyclic amines) is 1. The Bertz CT molecular complexity index is 834. The van der Waals surface area contributed by atoms with E-state index in [9.17, 15) is 13.6 Å². The van der Waals surface area contributed by atoms with Gasteiger partial charge < -0.3 is 14.4 Å². The summed E-state index contributed by atoms with van der Waals surface area (Å²) in [6.07, 6.45) is 0.878. The number of hydrogen-bond acceptors (Lipinski definition) is 3. The molecule has 2 aromatic rings. The van der Waals surface area contributed by atoms with E-state index in [0.717, 1.165) is 12.1 Å². The maximum absolute atomic E-state index is 13.7. The molecular weight excluding hydrogens is 388 g/mol. The fraction of sp³-hybridized carbons (Fsp3) is 0.381. The van der Waals surface area contributed by atoms with E-state index < -0.39 is 17.2 Å². The molecule has 3 rings (SSSR count). The molecule has 1 aliphatic rings. The van der Waals surface area contributed by atoms with E-state index in [4.69, 9.17) is 21.1 Å². The van der Waals surface area contributed by atoms with Gasteiger partial charge in [0.2, 0.25) is 0 Å². The molecule has 2 aromatic carbocycles. The molecule has 150 valence electrons. The van der Waals surface area contributed by atoms with E-state index in [1.165, 1.54) is 6.07 Å². The van der Waals surface area contributed by atoms with Gasteiger partial charge in [-0.1, -0.05) is 11.6 Å². The molecule has 0 spiro atoms. The van der Waals surface area contributed by atoms with E-state index in [2.05, 4.69) is 0 Å². The third kappa shape index (κ3) is 4.93. The van der Waals surface area contributed by atoms with Crippen molar-refractivity contribution in [2.45, 2.75) is 38.4 Å². The van der Waals surface area contributed by atoms with Crippen molar-refractivity contribution in [2.75, 3.05) is 13.1 Å². The summed E-state index contributed by atoms with van der Waals surface area (Å²) in [6, 6.07) is 10.1. The van der Waals surface area contributed by atoms with Gasteiger partial charge in [-0.3, -0.25) is 4.79 Å². The second kappa shape index (κ2) is 8.35. The highest BCUT2D eigenvalue weighted by Crippen LogP contribution is 2.26. The highest BCUT2D eigenvalue weighted by atomic mass is 35.5. The topological polar surface area (TPSA) is 38.8 Å². The van der Waals surface area contributed by atoms with Gasteiger partial charge in [0.15, 0.2) is 17.2 Å². The van der Waals surface area contributed by atoms with Crippen molar-refractivity contribution in [1.82, 2.24) is 4.90 Å². The second-order valence-corrected chi connectivity index (χ2v) is 7.69. The third-order valence-electron chi connectivity index (χ3n) is 4.62. The number of hydrogen-bond donors (Lipinski definition) is 0. The lowest BCUT2D eigenvalue weighted by atomic mass is 10.0. The summed E-state index contributed by atoms with van der Waals surface area (Å²) in [5.74, 6) is -0.914. The highest BCUT2D eigenvalue weighted by molar-refractivity contribution is 6.30. The van der Waals surface area contributed by atoms with Crippen LogP contribution >= 0.6 is 11.6 Å². The maximum Gasteiger partial charge on any atom is 0.266 e. The predicted molar refractivity (Wildman–Crippen MR) is 103 cm³/mol. The lowest BCUT2D eigenvalue weighted by Crippen LogP contribution is -2.52. The molecule has 0 atom stereocenters. The minimum Gasteiger partial charge on any atom is -0.487 e. The van der Waals surface area contributed by atoms with E-state index in [-0.39, 0.29) is 17.8 Å². The molecule has 0 bridgehead atoms. The molecule has 1 aliphatic heterocycles. The number of piperidine rings is 1. The van der Waals surface area contributed by atoms with Gasteiger partial charge in [-0.25, -0.2) is 8.78 Å². The molecule has 1 saturated heterocycles. The van der Waals surface area contributed by atoms with Gasteiger partial charge in [-0.2, -0.15) is 0 Å². The molecule has 1 heterocycles. The summed E-state index contributed by atoms with van der Waals surface area (Å²) in [5.41, 5.74) is -1.04. The second-order valence-electron chi connectivity index (χ2n) is 7.25. The number of carbonyl (C=O) groups is 1. The van der Waals surface area contributed by atoms with Gasteiger partial charge in [-0.05, 0) is 50.2 Å². The highest BCUT2D eigenvalue weighted by Gasteiger charge is 2.36. The van der Waals surface area contributed by atoms with Crippen LogP contribution in [0.15, 0.2) is 42.5 Å². The Hall–Kier alpha value is -2.34. The summed E-state index contributed by atoms with van der Waals surface area (Å²) in [7, 11) is 0. The van der Waals surface area contributed by atoms with Gasteiger partial charge in [0.25, 0.3) is 5.91 Å². The minimum atomic E-state index is -1.04. The fourth-order valence-electron chi connectivity index (χ4n) is 3.15. The Labute approximate surface area is 168 Å². The molecule has 0 N–H and O–H groups in total. The molecule has 1 fully saturated rings. The molecule has 0 radical (unpaired) electrons. The van der Waals surface area contributed by atoms with Crippen LogP contribution in [0.2, 0.25) is 5.02 Å². The average molecular weight is 410 g/mol. The fourth-order valence-corrected chi connectivity index (χ4v) is 3.27. The summed E-state index contributed by atoms with van der Waals surface area (Å²) in [5, 5.41) is 0.594. The van der Waals surface area contributed by atoms with Gasteiger partial charge >= 0.3 is 0 Å². The van der Waals surface area contributed by atoms with Crippen LogP contribution in [-0.2, 0) is 4.79 Å². The summed E-state index contributed by atoms with van der Waals surface area (Å²) < 4.78 is 38.2. The number of benzene rings is 2. The minimum absolute atomic E-state index is 0.0255. The van der Waals surface area contributed by atoms with E-state index in [1.807, 2.05) is 0 Å². The van der Waals surface area contributed by atoms with Crippen LogP contribution in [0.5, 0.6) is 11.5 Å². The van der Waals surface area contributed by atoms with Gasteiger partial charge in [0.05, 0.1) is 0 Å². The number of carbonyl (C=O) groups excluding carboxylic acids is 1. The molecular formula is C21H22ClF2NO3. The van der Waals surface area contributed by atoms with E-state index in [1.54, 1.807) is 43.0 Å². The average Bonchev–Trinajstić information content (AvgIpc) is 2.66. The number of nitrogens with zero attached hydrogens (tertiary/aromatic N) is 1. The van der Waals surface area contributed by atoms with Crippen LogP contribution in [0.25, 0.3) is 0 Å². The Kier molecular flexibility index (Phi) is 6.08. The molecule has 0 unspecified atom stereocenters. The standard InChI is InChI=1S/C21H22ClF2NO3/c1-21(2,28-17-6-3-14(22)4-7-17)20(26)25-11-9-16(10-12-25)27-19-8-5-15(23)13-18(19)24/h3-8,13,16H,9-12H2,1-2H3. The first-order valence-corrected chi connectivity index (χ1v) is 9.48. The normalized spacial score (nSPS) is 15.4. The van der Waals surface area contributed by atoms with Crippen molar-refractivity contribution in [3.05, 3.63) is 59.1 Å². The largest absolute Gasteiger partial charge is 0.487 e. The van der Waals surface area contributed by atoms with Crippen LogP contribution in [0, 0.1) is 11.6 Å². The number of ether oxygens (including phenoxy) is 2. The van der Waals surface area contributed by atoms with Crippen LogP contribution in [0.1, 0.15) is 26.7 Å². The Morgan fingerprint density at radius 3 is 2.36 bits per heavy atom. The lowest BCUT2D eigenvalue weighted by molar-refractivity contribution is -0.147. The van der Waals surface area contributed by atoms with Gasteiger partial charge in [0.1, 0.15) is 17.7 Å². The maximum atomic E-state index is 13.7. The van der Waals surface area contributed by atoms with Crippen molar-refractivity contribution in [3.8, 4) is 11.5 Å². The quantitative estimate of drug-likeness (QED) is 0.708. The predicted octanol–water partition coefficient (Wildman–Crippen LogP) is 4.85. The zero-order valence-corrected chi connectivity index (χ0v) is 16.5. The summed E-state index contributed by atoms with van der Waals surface area (Å²) in [6.45, 7) is 4.39. The molecule has 0 aliphatic carbocycles. The summed E-state index contributed by atoms with van der Waals surface area (Å²) in [4.78, 5) is 14.6. The molecule has 4 nitrogen and oxygen atoms in total. The number of rotatable bonds is 5. The van der Waals surface area contributed by atoms with Gasteiger partial charge in [-0.15, -0.1) is 0 Å².